The molecule has 1 N–H and O–H groups in total. The summed E-state index contributed by atoms with van der Waals surface area (Å²) in [4.78, 5) is 28.3. The van der Waals surface area contributed by atoms with E-state index in [1.807, 2.05) is 27.7 Å². The number of hydrogen-bond donors (Lipinski definition) is 1. The second-order valence-electron chi connectivity index (χ2n) is 10.8. The molecule has 3 aromatic rings. The van der Waals surface area contributed by atoms with Crippen LogP contribution in [-0.4, -0.2) is 43.3 Å². The zero-order valence-corrected chi connectivity index (χ0v) is 25.1. The molecule has 3 aromatic carbocycles. The van der Waals surface area contributed by atoms with E-state index in [4.69, 9.17) is 11.6 Å². The minimum Gasteiger partial charge on any atom is -0.350 e. The van der Waals surface area contributed by atoms with Gasteiger partial charge in [0.05, 0.1) is 10.6 Å². The monoisotopic (exact) mass is 587 g/mol. The second kappa shape index (κ2) is 12.4. The van der Waals surface area contributed by atoms with Gasteiger partial charge >= 0.3 is 0 Å². The number of aryl methyl sites for hydroxylation is 2. The van der Waals surface area contributed by atoms with Gasteiger partial charge < -0.3 is 10.2 Å². The first-order valence-corrected chi connectivity index (χ1v) is 14.6. The summed E-state index contributed by atoms with van der Waals surface area (Å²) < 4.78 is 42.3. The Labute approximate surface area is 241 Å². The summed E-state index contributed by atoms with van der Waals surface area (Å²) in [5.41, 5.74) is 1.85. The number of nitrogens with zero attached hydrogens (tertiary/aromatic N) is 2. The van der Waals surface area contributed by atoms with Gasteiger partial charge in [0.25, 0.3) is 10.0 Å². The van der Waals surface area contributed by atoms with Crippen LogP contribution in [0.1, 0.15) is 44.4 Å². The minimum absolute atomic E-state index is 0.00575. The minimum atomic E-state index is -4.21. The van der Waals surface area contributed by atoms with Crippen molar-refractivity contribution in [3.05, 3.63) is 94.3 Å². The predicted octanol–water partition coefficient (Wildman–Crippen LogP) is 5.62. The lowest BCUT2D eigenvalue weighted by atomic mass is 10.1. The molecule has 0 saturated heterocycles. The van der Waals surface area contributed by atoms with Crippen LogP contribution < -0.4 is 9.62 Å². The third kappa shape index (κ3) is 7.82. The highest BCUT2D eigenvalue weighted by atomic mass is 35.5. The molecule has 0 aliphatic heterocycles. The van der Waals surface area contributed by atoms with Crippen LogP contribution in [-0.2, 0) is 26.2 Å². The van der Waals surface area contributed by atoms with E-state index in [1.54, 1.807) is 38.1 Å². The molecule has 0 aliphatic carbocycles. The molecule has 10 heteroatoms. The average Bonchev–Trinajstić information content (AvgIpc) is 2.87. The number of benzene rings is 3. The van der Waals surface area contributed by atoms with Crippen molar-refractivity contribution in [1.29, 1.82) is 0 Å². The Balaban J connectivity index is 2.06. The lowest BCUT2D eigenvalue weighted by molar-refractivity contribution is -0.140. The van der Waals surface area contributed by atoms with E-state index >= 15 is 0 Å². The number of rotatable bonds is 9. The summed E-state index contributed by atoms with van der Waals surface area (Å²) in [6.45, 7) is 10.0. The molecule has 40 heavy (non-hydrogen) atoms. The van der Waals surface area contributed by atoms with Gasteiger partial charge in [-0.2, -0.15) is 0 Å². The van der Waals surface area contributed by atoms with Crippen molar-refractivity contribution in [3.8, 4) is 0 Å². The van der Waals surface area contributed by atoms with Crippen LogP contribution in [0.15, 0.2) is 71.6 Å². The van der Waals surface area contributed by atoms with Gasteiger partial charge in [0.15, 0.2) is 0 Å². The number of sulfonamides is 1. The van der Waals surface area contributed by atoms with Crippen LogP contribution in [0, 0.1) is 19.7 Å². The van der Waals surface area contributed by atoms with Crippen molar-refractivity contribution in [2.24, 2.45) is 0 Å². The summed E-state index contributed by atoms with van der Waals surface area (Å²) in [6.07, 6.45) is 0. The van der Waals surface area contributed by atoms with Crippen molar-refractivity contribution in [3.63, 3.8) is 0 Å². The first-order valence-electron chi connectivity index (χ1n) is 12.8. The first kappa shape index (κ1) is 31.1. The largest absolute Gasteiger partial charge is 0.350 e. The molecule has 0 aliphatic rings. The zero-order valence-electron chi connectivity index (χ0n) is 23.5. The fourth-order valence-electron chi connectivity index (χ4n) is 3.95. The smallest absolute Gasteiger partial charge is 0.264 e. The highest BCUT2D eigenvalue weighted by Gasteiger charge is 2.33. The highest BCUT2D eigenvalue weighted by Crippen LogP contribution is 2.29. The number of halogens is 2. The maximum absolute atomic E-state index is 13.9. The first-order chi connectivity index (χ1) is 18.6. The van der Waals surface area contributed by atoms with Crippen LogP contribution in [0.25, 0.3) is 0 Å². The Morgan fingerprint density at radius 3 is 2.12 bits per heavy atom. The molecule has 0 heterocycles. The molecule has 0 spiro atoms. The van der Waals surface area contributed by atoms with Gasteiger partial charge in [-0.1, -0.05) is 47.5 Å². The Morgan fingerprint density at radius 1 is 0.975 bits per heavy atom. The average molecular weight is 588 g/mol. The Morgan fingerprint density at radius 2 is 1.57 bits per heavy atom. The van der Waals surface area contributed by atoms with Crippen molar-refractivity contribution < 1.29 is 22.4 Å². The van der Waals surface area contributed by atoms with Crippen molar-refractivity contribution in [2.45, 2.75) is 64.6 Å². The maximum atomic E-state index is 13.9. The zero-order chi connectivity index (χ0) is 29.8. The molecule has 3 rings (SSSR count). The van der Waals surface area contributed by atoms with Gasteiger partial charge in [-0.3, -0.25) is 13.9 Å². The van der Waals surface area contributed by atoms with Crippen molar-refractivity contribution in [2.75, 3.05) is 10.8 Å². The van der Waals surface area contributed by atoms with E-state index in [0.29, 0.717) is 10.6 Å². The van der Waals surface area contributed by atoms with E-state index in [9.17, 15) is 22.4 Å². The van der Waals surface area contributed by atoms with Crippen LogP contribution in [0.2, 0.25) is 5.02 Å². The Kier molecular flexibility index (Phi) is 9.64. The van der Waals surface area contributed by atoms with E-state index in [0.717, 1.165) is 15.4 Å². The summed E-state index contributed by atoms with van der Waals surface area (Å²) in [5, 5.41) is 3.21. The molecule has 0 aromatic heterocycles. The molecule has 214 valence electrons. The number of carbonyl (C=O) groups is 2. The highest BCUT2D eigenvalue weighted by molar-refractivity contribution is 7.92. The molecule has 0 fully saturated rings. The molecule has 2 amide bonds. The summed E-state index contributed by atoms with van der Waals surface area (Å²) in [6, 6.07) is 15.7. The van der Waals surface area contributed by atoms with Gasteiger partial charge in [0.1, 0.15) is 18.4 Å². The summed E-state index contributed by atoms with van der Waals surface area (Å²) in [7, 11) is -4.21. The normalized spacial score (nSPS) is 12.5. The van der Waals surface area contributed by atoms with Crippen molar-refractivity contribution >= 4 is 39.1 Å². The third-order valence-electron chi connectivity index (χ3n) is 6.26. The lowest BCUT2D eigenvalue weighted by Gasteiger charge is -2.33. The lowest BCUT2D eigenvalue weighted by Crippen LogP contribution is -2.54. The van der Waals surface area contributed by atoms with E-state index in [-0.39, 0.29) is 17.1 Å². The quantitative estimate of drug-likeness (QED) is 0.352. The number of carbonyl (C=O) groups excluding carboxylic acids is 2. The van der Waals surface area contributed by atoms with Crippen LogP contribution in [0.5, 0.6) is 0 Å². The molecule has 1 unspecified atom stereocenters. The van der Waals surface area contributed by atoms with Crippen LogP contribution in [0.4, 0.5) is 10.1 Å². The second-order valence-corrected chi connectivity index (χ2v) is 13.1. The molecule has 0 bridgehead atoms. The Bertz CT molecular complexity index is 1470. The SMILES string of the molecule is Cc1ccc(S(=O)(=O)N(CC(=O)N(Cc2ccc(F)cc2)C(C)C(=O)NC(C)(C)C)c2ccc(C)c(Cl)c2)cc1. The summed E-state index contributed by atoms with van der Waals surface area (Å²) in [5.74, 6) is -1.46. The molecule has 1 atom stereocenters. The van der Waals surface area contributed by atoms with Crippen LogP contribution in [0.3, 0.4) is 0 Å². The molecule has 0 radical (unpaired) electrons. The van der Waals surface area contributed by atoms with Crippen LogP contribution >= 0.6 is 11.6 Å². The molecular formula is C30H35ClFN3O4S. The van der Waals surface area contributed by atoms with Crippen molar-refractivity contribution in [1.82, 2.24) is 10.2 Å². The number of anilines is 1. The summed E-state index contributed by atoms with van der Waals surface area (Å²) >= 11 is 6.35. The molecule has 7 nitrogen and oxygen atoms in total. The predicted molar refractivity (Wildman–Crippen MR) is 156 cm³/mol. The standard InChI is InChI=1S/C30H35ClFN3O4S/c1-20-7-15-26(16-8-20)40(38,39)35(25-14-9-21(2)27(31)17-25)19-28(36)34(18-23-10-12-24(32)13-11-23)22(3)29(37)33-30(4,5)6/h7-17,22H,18-19H2,1-6H3,(H,33,37). The fourth-order valence-corrected chi connectivity index (χ4v) is 5.53. The topological polar surface area (TPSA) is 86.8 Å². The van der Waals surface area contributed by atoms with Gasteiger partial charge in [-0.05, 0) is 89.1 Å². The van der Waals surface area contributed by atoms with Gasteiger partial charge in [-0.15, -0.1) is 0 Å². The third-order valence-corrected chi connectivity index (χ3v) is 8.46. The maximum Gasteiger partial charge on any atom is 0.264 e. The number of hydrogen-bond acceptors (Lipinski definition) is 4. The van der Waals surface area contributed by atoms with E-state index in [2.05, 4.69) is 5.32 Å². The molecular weight excluding hydrogens is 553 g/mol. The van der Waals surface area contributed by atoms with E-state index < -0.39 is 45.8 Å². The number of amides is 2. The Hall–Kier alpha value is -3.43. The van der Waals surface area contributed by atoms with Gasteiger partial charge in [0, 0.05) is 17.1 Å². The van der Waals surface area contributed by atoms with Gasteiger partial charge in [0.2, 0.25) is 11.8 Å². The molecule has 0 saturated carbocycles. The van der Waals surface area contributed by atoms with E-state index in [1.165, 1.54) is 47.4 Å². The van der Waals surface area contributed by atoms with Gasteiger partial charge in [-0.25, -0.2) is 12.8 Å². The number of nitrogens with one attached hydrogen (secondary N) is 1. The fraction of sp³-hybridized carbons (Fsp3) is 0.333.